The van der Waals surface area contributed by atoms with Crippen molar-refractivity contribution in [2.45, 2.75) is 6.10 Å². The molecule has 13 heavy (non-hydrogen) atoms. The molecule has 0 saturated carbocycles. The highest BCUT2D eigenvalue weighted by molar-refractivity contribution is 7.44. The van der Waals surface area contributed by atoms with Crippen molar-refractivity contribution in [3.8, 4) is 0 Å². The van der Waals surface area contributed by atoms with Crippen LogP contribution >= 0.6 is 7.82 Å². The average molecular weight is 213 g/mol. The predicted molar refractivity (Wildman–Crippen MR) is 44.7 cm³/mol. The SMILES string of the molecule is C[N+](C)(C)CC(O)COP(=O)([O-])O. The first-order valence-corrected chi connectivity index (χ1v) is 5.26. The molecular weight excluding hydrogens is 197 g/mol. The third kappa shape index (κ3) is 9.95. The van der Waals surface area contributed by atoms with E-state index in [2.05, 4.69) is 4.52 Å². The molecule has 0 aliphatic carbocycles. The fraction of sp³-hybridized carbons (Fsp3) is 1.00. The highest BCUT2D eigenvalue weighted by atomic mass is 31.2. The number of aliphatic hydroxyl groups excluding tert-OH is 1. The summed E-state index contributed by atoms with van der Waals surface area (Å²) in [6.45, 7) is -0.0627. The number of hydrogen-bond acceptors (Lipinski definition) is 4. The number of phosphoric acid groups is 1. The molecule has 0 aromatic carbocycles. The van der Waals surface area contributed by atoms with Gasteiger partial charge in [-0.1, -0.05) is 0 Å². The number of aliphatic hydroxyl groups is 1. The summed E-state index contributed by atoms with van der Waals surface area (Å²) in [6, 6.07) is 0. The van der Waals surface area contributed by atoms with Crippen LogP contribution in [0, 0.1) is 0 Å². The first kappa shape index (κ1) is 13.0. The summed E-state index contributed by atoms with van der Waals surface area (Å²) in [4.78, 5) is 18.4. The first-order valence-electron chi connectivity index (χ1n) is 3.77. The summed E-state index contributed by atoms with van der Waals surface area (Å²) in [6.07, 6.45) is -0.908. The monoisotopic (exact) mass is 213 g/mol. The maximum absolute atomic E-state index is 10.1. The maximum Gasteiger partial charge on any atom is 0.265 e. The molecule has 2 unspecified atom stereocenters. The fourth-order valence-electron chi connectivity index (χ4n) is 0.865. The molecule has 0 aromatic heterocycles. The fourth-order valence-corrected chi connectivity index (χ4v) is 1.23. The second-order valence-electron chi connectivity index (χ2n) is 3.89. The highest BCUT2D eigenvalue weighted by Crippen LogP contribution is 2.30. The summed E-state index contributed by atoms with van der Waals surface area (Å²) in [7, 11) is 0.837. The van der Waals surface area contributed by atoms with E-state index in [1.54, 1.807) is 0 Å². The highest BCUT2D eigenvalue weighted by Gasteiger charge is 2.17. The van der Waals surface area contributed by atoms with E-state index >= 15 is 0 Å². The zero-order chi connectivity index (χ0) is 10.7. The minimum Gasteiger partial charge on any atom is -0.756 e. The summed E-state index contributed by atoms with van der Waals surface area (Å²) in [5, 5.41) is 9.24. The largest absolute Gasteiger partial charge is 0.756 e. The average Bonchev–Trinajstić information content (AvgIpc) is 1.78. The molecule has 0 heterocycles. The molecule has 0 saturated heterocycles. The summed E-state index contributed by atoms with van der Waals surface area (Å²) >= 11 is 0. The van der Waals surface area contributed by atoms with Gasteiger partial charge in [-0.05, 0) is 0 Å². The van der Waals surface area contributed by atoms with Gasteiger partial charge in [-0.3, -0.25) is 4.57 Å². The summed E-state index contributed by atoms with van der Waals surface area (Å²) < 4.78 is 14.7. The van der Waals surface area contributed by atoms with Crippen LogP contribution in [0.15, 0.2) is 0 Å². The lowest BCUT2D eigenvalue weighted by Crippen LogP contribution is -2.43. The smallest absolute Gasteiger partial charge is 0.265 e. The number of nitrogens with zero attached hydrogens (tertiary/aromatic N) is 1. The van der Waals surface area contributed by atoms with Crippen molar-refractivity contribution in [3.63, 3.8) is 0 Å². The molecule has 0 radical (unpaired) electrons. The molecule has 0 amide bonds. The molecule has 0 bridgehead atoms. The number of likely N-dealkylation sites (N-methyl/N-ethyl adjacent to an activating group) is 1. The molecule has 7 heteroatoms. The Labute approximate surface area is 77.6 Å². The van der Waals surface area contributed by atoms with Gasteiger partial charge in [0.25, 0.3) is 7.82 Å². The van der Waals surface area contributed by atoms with Crippen LogP contribution in [0.4, 0.5) is 0 Å². The van der Waals surface area contributed by atoms with Gasteiger partial charge in [0.2, 0.25) is 0 Å². The van der Waals surface area contributed by atoms with Crippen molar-refractivity contribution < 1.29 is 28.5 Å². The van der Waals surface area contributed by atoms with Crippen molar-refractivity contribution in [1.29, 1.82) is 0 Å². The van der Waals surface area contributed by atoms with Crippen LogP contribution in [0.5, 0.6) is 0 Å². The lowest BCUT2D eigenvalue weighted by atomic mass is 10.3. The van der Waals surface area contributed by atoms with Crippen LogP contribution < -0.4 is 4.89 Å². The van der Waals surface area contributed by atoms with Crippen molar-refractivity contribution in [1.82, 2.24) is 0 Å². The van der Waals surface area contributed by atoms with Crippen molar-refractivity contribution in [3.05, 3.63) is 0 Å². The van der Waals surface area contributed by atoms with E-state index in [1.807, 2.05) is 21.1 Å². The molecular formula is C6H16NO5P. The second kappa shape index (κ2) is 4.50. The maximum atomic E-state index is 10.1. The van der Waals surface area contributed by atoms with Crippen molar-refractivity contribution in [2.75, 3.05) is 34.3 Å². The molecule has 0 aliphatic rings. The van der Waals surface area contributed by atoms with Gasteiger partial charge in [0.1, 0.15) is 12.6 Å². The van der Waals surface area contributed by atoms with Crippen LogP contribution in [0.25, 0.3) is 0 Å². The van der Waals surface area contributed by atoms with Gasteiger partial charge >= 0.3 is 0 Å². The van der Waals surface area contributed by atoms with Gasteiger partial charge in [-0.25, -0.2) is 0 Å². The molecule has 0 fully saturated rings. The zero-order valence-corrected chi connectivity index (χ0v) is 8.90. The molecule has 2 atom stereocenters. The Morgan fingerprint density at radius 2 is 2.00 bits per heavy atom. The second-order valence-corrected chi connectivity index (χ2v) is 5.09. The van der Waals surface area contributed by atoms with Gasteiger partial charge in [-0.15, -0.1) is 0 Å². The third-order valence-corrected chi connectivity index (χ3v) is 1.66. The van der Waals surface area contributed by atoms with E-state index in [9.17, 15) is 14.6 Å². The van der Waals surface area contributed by atoms with Crippen molar-refractivity contribution in [2.24, 2.45) is 0 Å². The topological polar surface area (TPSA) is 89.8 Å². The van der Waals surface area contributed by atoms with E-state index in [1.165, 1.54) is 0 Å². The van der Waals surface area contributed by atoms with Crippen LogP contribution in [-0.4, -0.2) is 54.9 Å². The predicted octanol–water partition coefficient (Wildman–Crippen LogP) is -1.47. The Hall–Kier alpha value is 0.0300. The van der Waals surface area contributed by atoms with E-state index < -0.39 is 20.5 Å². The summed E-state index contributed by atoms with van der Waals surface area (Å²) in [5.41, 5.74) is 0. The normalized spacial score (nSPS) is 19.5. The van der Waals surface area contributed by atoms with E-state index in [0.29, 0.717) is 11.0 Å². The Morgan fingerprint density at radius 1 is 1.54 bits per heavy atom. The van der Waals surface area contributed by atoms with Gasteiger partial charge in [0.15, 0.2) is 0 Å². The zero-order valence-electron chi connectivity index (χ0n) is 8.01. The first-order chi connectivity index (χ1) is 5.60. The van der Waals surface area contributed by atoms with Gasteiger partial charge < -0.3 is 23.9 Å². The number of quaternary nitrogens is 1. The Balaban J connectivity index is 3.77. The standard InChI is InChI=1S/C6H16NO5P/c1-7(2,3)4-6(8)5-12-13(9,10)11/h6,8H,4-5H2,1-3H3,(H-,9,10,11). The van der Waals surface area contributed by atoms with Crippen LogP contribution in [0.1, 0.15) is 0 Å². The number of phosphoric ester groups is 1. The molecule has 80 valence electrons. The van der Waals surface area contributed by atoms with E-state index in [-0.39, 0.29) is 0 Å². The Kier molecular flexibility index (Phi) is 4.51. The van der Waals surface area contributed by atoms with E-state index in [4.69, 9.17) is 4.89 Å². The van der Waals surface area contributed by atoms with Crippen LogP contribution in [0.3, 0.4) is 0 Å². The van der Waals surface area contributed by atoms with Crippen molar-refractivity contribution >= 4 is 7.82 Å². The minimum atomic E-state index is -4.70. The lowest BCUT2D eigenvalue weighted by molar-refractivity contribution is -0.873. The molecule has 2 N–H and O–H groups in total. The molecule has 0 aliphatic heterocycles. The molecule has 0 spiro atoms. The minimum absolute atomic E-state index is 0.347. The third-order valence-electron chi connectivity index (χ3n) is 1.19. The molecule has 6 nitrogen and oxygen atoms in total. The van der Waals surface area contributed by atoms with Gasteiger partial charge in [0, 0.05) is 0 Å². The van der Waals surface area contributed by atoms with Crippen LogP contribution in [0.2, 0.25) is 0 Å². The lowest BCUT2D eigenvalue weighted by Gasteiger charge is -2.27. The summed E-state index contributed by atoms with van der Waals surface area (Å²) in [5.74, 6) is 0. The number of rotatable bonds is 5. The number of hydrogen-bond donors (Lipinski definition) is 2. The molecule has 0 rings (SSSR count). The Bertz CT molecular complexity index is 196. The van der Waals surface area contributed by atoms with Gasteiger partial charge in [-0.2, -0.15) is 0 Å². The molecule has 0 aromatic rings. The Morgan fingerprint density at radius 3 is 2.31 bits per heavy atom. The van der Waals surface area contributed by atoms with Crippen LogP contribution in [-0.2, 0) is 9.09 Å². The van der Waals surface area contributed by atoms with Gasteiger partial charge in [0.05, 0.1) is 27.7 Å². The quantitative estimate of drug-likeness (QED) is 0.430. The van der Waals surface area contributed by atoms with E-state index in [0.717, 1.165) is 0 Å².